The Hall–Kier alpha value is -1.59. The van der Waals surface area contributed by atoms with Gasteiger partial charge >= 0.3 is 6.03 Å². The van der Waals surface area contributed by atoms with Gasteiger partial charge in [-0.25, -0.2) is 4.79 Å². The van der Waals surface area contributed by atoms with Crippen LogP contribution < -0.4 is 5.32 Å². The molecule has 0 unspecified atom stereocenters. The topological polar surface area (TPSA) is 61.8 Å². The lowest BCUT2D eigenvalue weighted by molar-refractivity contribution is -0.0405. The lowest BCUT2D eigenvalue weighted by Gasteiger charge is -2.39. The van der Waals surface area contributed by atoms with Crippen LogP contribution in [0.5, 0.6) is 0 Å². The molecule has 0 saturated carbocycles. The molecule has 1 heterocycles. The van der Waals surface area contributed by atoms with E-state index in [1.807, 2.05) is 6.07 Å². The first-order valence-electron chi connectivity index (χ1n) is 8.38. The van der Waals surface area contributed by atoms with Crippen LogP contribution in [0.4, 0.5) is 4.79 Å². The fourth-order valence-corrected chi connectivity index (χ4v) is 3.62. The number of benzene rings is 1. The molecule has 2 atom stereocenters. The second-order valence-electron chi connectivity index (χ2n) is 7.13. The summed E-state index contributed by atoms with van der Waals surface area (Å²) in [6, 6.07) is 8.39. The number of rotatable bonds is 2. The zero-order valence-electron chi connectivity index (χ0n) is 13.9. The Morgan fingerprint density at radius 1 is 1.43 bits per heavy atom. The van der Waals surface area contributed by atoms with Crippen molar-refractivity contribution in [3.63, 3.8) is 0 Å². The Morgan fingerprint density at radius 3 is 3.00 bits per heavy atom. The summed E-state index contributed by atoms with van der Waals surface area (Å²) in [4.78, 5) is 14.3. The normalized spacial score (nSPS) is 26.5. The number of aliphatic hydroxyl groups excluding tert-OH is 1. The average Bonchev–Trinajstić information content (AvgIpc) is 2.57. The molecule has 5 nitrogen and oxygen atoms in total. The van der Waals surface area contributed by atoms with E-state index in [2.05, 4.69) is 37.4 Å². The van der Waals surface area contributed by atoms with Crippen LogP contribution in [0.15, 0.2) is 24.3 Å². The van der Waals surface area contributed by atoms with Crippen LogP contribution in [0.3, 0.4) is 0 Å². The molecule has 2 aliphatic rings. The molecule has 1 saturated heterocycles. The zero-order valence-corrected chi connectivity index (χ0v) is 13.9. The lowest BCUT2D eigenvalue weighted by Crippen LogP contribution is -2.51. The highest BCUT2D eigenvalue weighted by molar-refractivity contribution is 5.75. The smallest absolute Gasteiger partial charge is 0.318 e. The van der Waals surface area contributed by atoms with Gasteiger partial charge in [0.25, 0.3) is 0 Å². The molecular weight excluding hydrogens is 292 g/mol. The first kappa shape index (κ1) is 16.3. The predicted molar refractivity (Wildman–Crippen MR) is 88.4 cm³/mol. The van der Waals surface area contributed by atoms with E-state index in [0.29, 0.717) is 19.7 Å². The molecule has 1 aromatic carbocycles. The molecule has 0 bridgehead atoms. The summed E-state index contributed by atoms with van der Waals surface area (Å²) < 4.78 is 5.41. The van der Waals surface area contributed by atoms with Crippen molar-refractivity contribution in [1.29, 1.82) is 0 Å². The van der Waals surface area contributed by atoms with Gasteiger partial charge < -0.3 is 20.1 Å². The summed E-state index contributed by atoms with van der Waals surface area (Å²) in [5.41, 5.74) is 2.70. The van der Waals surface area contributed by atoms with Gasteiger partial charge in [0, 0.05) is 6.54 Å². The summed E-state index contributed by atoms with van der Waals surface area (Å²) in [5.74, 6) is 0. The number of carbonyl (C=O) groups is 1. The molecule has 0 spiro atoms. The van der Waals surface area contributed by atoms with E-state index in [1.165, 1.54) is 11.1 Å². The third-order valence-electron chi connectivity index (χ3n) is 5.05. The number of nitrogens with one attached hydrogen (secondary N) is 1. The summed E-state index contributed by atoms with van der Waals surface area (Å²) in [5, 5.41) is 12.4. The molecule has 5 heteroatoms. The van der Waals surface area contributed by atoms with Crippen LogP contribution >= 0.6 is 0 Å². The van der Waals surface area contributed by atoms with Crippen LogP contribution in [0.25, 0.3) is 0 Å². The van der Waals surface area contributed by atoms with E-state index in [4.69, 9.17) is 4.74 Å². The molecule has 1 fully saturated rings. The van der Waals surface area contributed by atoms with Crippen LogP contribution in [-0.4, -0.2) is 48.4 Å². The molecule has 0 aromatic heterocycles. The number of aliphatic hydroxyl groups is 1. The molecule has 3 rings (SSSR count). The number of amides is 2. The van der Waals surface area contributed by atoms with E-state index in [0.717, 1.165) is 12.8 Å². The molecule has 2 N–H and O–H groups in total. The number of morpholine rings is 1. The van der Waals surface area contributed by atoms with Gasteiger partial charge in [-0.2, -0.15) is 0 Å². The van der Waals surface area contributed by atoms with Gasteiger partial charge in [0.2, 0.25) is 0 Å². The molecule has 2 amide bonds. The van der Waals surface area contributed by atoms with Crippen molar-refractivity contribution >= 4 is 6.03 Å². The van der Waals surface area contributed by atoms with E-state index in [1.54, 1.807) is 4.90 Å². The van der Waals surface area contributed by atoms with Crippen molar-refractivity contribution in [2.75, 3.05) is 26.3 Å². The predicted octanol–water partition coefficient (Wildman–Crippen LogP) is 2.20. The maximum absolute atomic E-state index is 12.6. The molecule has 1 aliphatic heterocycles. The lowest BCUT2D eigenvalue weighted by atomic mass is 9.71. The standard InChI is InChI=1S/C18H26N2O3/c1-18(2)8-7-16(14-5-3-4-6-15(14)18)19-17(22)20-9-10-23-13(11-20)12-21/h3-6,13,16,21H,7-12H2,1-2H3,(H,19,22)/t13-,16+/m0/s1. The SMILES string of the molecule is CC1(C)CC[C@@H](NC(=O)N2CCO[C@H](CO)C2)c2ccccc21. The van der Waals surface area contributed by atoms with Crippen molar-refractivity contribution in [1.82, 2.24) is 10.2 Å². The van der Waals surface area contributed by atoms with Gasteiger partial charge in [0.05, 0.1) is 31.9 Å². The van der Waals surface area contributed by atoms with E-state index >= 15 is 0 Å². The van der Waals surface area contributed by atoms with Crippen molar-refractivity contribution < 1.29 is 14.6 Å². The molecule has 1 aromatic rings. The third-order valence-corrected chi connectivity index (χ3v) is 5.05. The number of hydrogen-bond acceptors (Lipinski definition) is 3. The number of carbonyl (C=O) groups excluding carboxylic acids is 1. The molecule has 126 valence electrons. The number of fused-ring (bicyclic) bond motifs is 1. The number of ether oxygens (including phenoxy) is 1. The molecule has 1 aliphatic carbocycles. The van der Waals surface area contributed by atoms with Gasteiger partial charge in [-0.15, -0.1) is 0 Å². The third kappa shape index (κ3) is 3.35. The number of nitrogens with zero attached hydrogens (tertiary/aromatic N) is 1. The fraction of sp³-hybridized carbons (Fsp3) is 0.611. The highest BCUT2D eigenvalue weighted by Gasteiger charge is 2.34. The Morgan fingerprint density at radius 2 is 2.22 bits per heavy atom. The maximum atomic E-state index is 12.6. The molecule has 23 heavy (non-hydrogen) atoms. The number of urea groups is 1. The molecular formula is C18H26N2O3. The summed E-state index contributed by atoms with van der Waals surface area (Å²) in [6.45, 7) is 5.97. The highest BCUT2D eigenvalue weighted by Crippen LogP contribution is 2.41. The summed E-state index contributed by atoms with van der Waals surface area (Å²) >= 11 is 0. The van der Waals surface area contributed by atoms with Gasteiger partial charge in [-0.05, 0) is 29.4 Å². The average molecular weight is 318 g/mol. The van der Waals surface area contributed by atoms with Crippen molar-refractivity contribution in [2.24, 2.45) is 0 Å². The Balaban J connectivity index is 1.72. The van der Waals surface area contributed by atoms with Crippen molar-refractivity contribution in [3.05, 3.63) is 35.4 Å². The van der Waals surface area contributed by atoms with Crippen LogP contribution in [0.2, 0.25) is 0 Å². The van der Waals surface area contributed by atoms with Crippen LogP contribution in [-0.2, 0) is 10.2 Å². The Labute approximate surface area is 137 Å². The Bertz CT molecular complexity index is 573. The van der Waals surface area contributed by atoms with Crippen molar-refractivity contribution in [2.45, 2.75) is 44.2 Å². The minimum atomic E-state index is -0.271. The Kier molecular flexibility index (Phi) is 4.60. The van der Waals surface area contributed by atoms with Gasteiger partial charge in [-0.1, -0.05) is 38.1 Å². The zero-order chi connectivity index (χ0) is 16.4. The number of hydrogen-bond donors (Lipinski definition) is 2. The first-order valence-corrected chi connectivity index (χ1v) is 8.38. The summed E-state index contributed by atoms with van der Waals surface area (Å²) in [7, 11) is 0. The quantitative estimate of drug-likeness (QED) is 0.879. The second kappa shape index (κ2) is 6.49. The van der Waals surface area contributed by atoms with Gasteiger partial charge in [-0.3, -0.25) is 0 Å². The fourth-order valence-electron chi connectivity index (χ4n) is 3.62. The van der Waals surface area contributed by atoms with E-state index in [-0.39, 0.29) is 30.2 Å². The van der Waals surface area contributed by atoms with Crippen LogP contribution in [0, 0.1) is 0 Å². The minimum Gasteiger partial charge on any atom is -0.394 e. The summed E-state index contributed by atoms with van der Waals surface area (Å²) in [6.07, 6.45) is 1.73. The van der Waals surface area contributed by atoms with E-state index in [9.17, 15) is 9.90 Å². The largest absolute Gasteiger partial charge is 0.394 e. The maximum Gasteiger partial charge on any atom is 0.318 e. The van der Waals surface area contributed by atoms with Gasteiger partial charge in [0.1, 0.15) is 0 Å². The first-order chi connectivity index (χ1) is 11.0. The second-order valence-corrected chi connectivity index (χ2v) is 7.13. The highest BCUT2D eigenvalue weighted by atomic mass is 16.5. The van der Waals surface area contributed by atoms with Crippen LogP contribution in [0.1, 0.15) is 43.9 Å². The molecule has 0 radical (unpaired) electrons. The minimum absolute atomic E-state index is 0.0514. The monoisotopic (exact) mass is 318 g/mol. The van der Waals surface area contributed by atoms with E-state index < -0.39 is 0 Å². The van der Waals surface area contributed by atoms with Gasteiger partial charge in [0.15, 0.2) is 0 Å². The van der Waals surface area contributed by atoms with Crippen molar-refractivity contribution in [3.8, 4) is 0 Å².